The molecule has 3 N–H and O–H groups in total. The second kappa shape index (κ2) is 10.6. The molecule has 2 atom stereocenters. The number of halogens is 2. The fraction of sp³-hybridized carbons (Fsp3) is 0.444. The molecule has 208 valence electrons. The third kappa shape index (κ3) is 6.32. The van der Waals surface area contributed by atoms with Crippen LogP contribution < -0.4 is 10.6 Å². The zero-order valence-electron chi connectivity index (χ0n) is 22.5. The van der Waals surface area contributed by atoms with Gasteiger partial charge >= 0.3 is 17.9 Å². The molecule has 0 saturated carbocycles. The van der Waals surface area contributed by atoms with E-state index in [4.69, 9.17) is 4.74 Å². The molecule has 3 heterocycles. The Morgan fingerprint density at radius 3 is 2.62 bits per heavy atom. The summed E-state index contributed by atoms with van der Waals surface area (Å²) >= 11 is 0. The topological polar surface area (TPSA) is 129 Å². The van der Waals surface area contributed by atoms with Crippen molar-refractivity contribution in [2.45, 2.75) is 65.0 Å². The van der Waals surface area contributed by atoms with Crippen LogP contribution in [0.2, 0.25) is 0 Å². The fourth-order valence-electron chi connectivity index (χ4n) is 4.49. The van der Waals surface area contributed by atoms with Crippen molar-refractivity contribution in [2.24, 2.45) is 5.92 Å². The molecule has 10 nitrogen and oxygen atoms in total. The highest BCUT2D eigenvalue weighted by Gasteiger charge is 2.48. The van der Waals surface area contributed by atoms with Crippen molar-refractivity contribution in [2.75, 3.05) is 17.2 Å². The normalized spacial score (nSPS) is 19.0. The molecule has 1 saturated heterocycles. The largest absolute Gasteiger partial charge is 0.444 e. The molecule has 3 aromatic rings. The molecule has 12 heteroatoms. The Balaban J connectivity index is 1.53. The number of piperidine rings is 1. The minimum atomic E-state index is -3.01. The van der Waals surface area contributed by atoms with Gasteiger partial charge in [-0.3, -0.25) is 20.0 Å². The molecule has 4 rings (SSSR count). The van der Waals surface area contributed by atoms with Gasteiger partial charge in [0, 0.05) is 24.3 Å². The van der Waals surface area contributed by atoms with E-state index < -0.39 is 47.8 Å². The summed E-state index contributed by atoms with van der Waals surface area (Å²) in [6, 6.07) is 5.65. The van der Waals surface area contributed by atoms with E-state index in [2.05, 4.69) is 25.8 Å². The first-order valence-electron chi connectivity index (χ1n) is 12.7. The Morgan fingerprint density at radius 2 is 1.92 bits per heavy atom. The van der Waals surface area contributed by atoms with Crippen LogP contribution in [0.3, 0.4) is 0 Å². The highest BCUT2D eigenvalue weighted by molar-refractivity contribution is 6.39. The molecule has 1 aliphatic heterocycles. The van der Waals surface area contributed by atoms with Gasteiger partial charge < -0.3 is 15.0 Å². The lowest BCUT2D eigenvalue weighted by Crippen LogP contribution is -2.52. The predicted molar refractivity (Wildman–Crippen MR) is 141 cm³/mol. The van der Waals surface area contributed by atoms with Crippen molar-refractivity contribution in [1.29, 1.82) is 0 Å². The summed E-state index contributed by atoms with van der Waals surface area (Å²) < 4.78 is 34.8. The van der Waals surface area contributed by atoms with Crippen molar-refractivity contribution in [3.8, 4) is 0 Å². The highest BCUT2D eigenvalue weighted by Crippen LogP contribution is 2.43. The maximum absolute atomic E-state index is 14.8. The van der Waals surface area contributed by atoms with Gasteiger partial charge in [-0.25, -0.2) is 18.6 Å². The van der Waals surface area contributed by atoms with E-state index >= 15 is 0 Å². The zero-order valence-corrected chi connectivity index (χ0v) is 22.5. The van der Waals surface area contributed by atoms with E-state index in [0.717, 1.165) is 5.52 Å². The summed E-state index contributed by atoms with van der Waals surface area (Å²) in [6.07, 6.45) is 2.05. The third-order valence-corrected chi connectivity index (χ3v) is 6.56. The van der Waals surface area contributed by atoms with Gasteiger partial charge in [0.15, 0.2) is 0 Å². The molecule has 0 spiro atoms. The maximum Gasteiger partial charge on any atom is 0.413 e. The van der Waals surface area contributed by atoms with Crippen LogP contribution >= 0.6 is 0 Å². The molecule has 1 aliphatic rings. The summed E-state index contributed by atoms with van der Waals surface area (Å²) in [4.78, 5) is 43.9. The number of likely N-dealkylation sites (tertiary alicyclic amines) is 1. The van der Waals surface area contributed by atoms with E-state index in [1.54, 1.807) is 51.2 Å². The monoisotopic (exact) mass is 542 g/mol. The van der Waals surface area contributed by atoms with Gasteiger partial charge in [-0.15, -0.1) is 0 Å². The molecular weight excluding hydrogens is 510 g/mol. The van der Waals surface area contributed by atoms with Crippen LogP contribution in [-0.4, -0.2) is 56.1 Å². The van der Waals surface area contributed by atoms with Gasteiger partial charge in [0.2, 0.25) is 0 Å². The lowest BCUT2D eigenvalue weighted by atomic mass is 9.86. The van der Waals surface area contributed by atoms with Gasteiger partial charge in [0.1, 0.15) is 11.4 Å². The second-order valence-electron chi connectivity index (χ2n) is 10.7. The minimum absolute atomic E-state index is 0.228. The number of carbonyl (C=O) groups is 3. The summed E-state index contributed by atoms with van der Waals surface area (Å²) in [6.45, 7) is 8.12. The molecule has 0 unspecified atom stereocenters. The van der Waals surface area contributed by atoms with Crippen molar-refractivity contribution in [3.05, 3.63) is 47.8 Å². The Labute approximate surface area is 224 Å². The Kier molecular flexibility index (Phi) is 7.58. The van der Waals surface area contributed by atoms with Crippen LogP contribution in [0.25, 0.3) is 10.9 Å². The SMILES string of the molecule is CCc1cc(NC(=O)C(=O)N2C[C@@H](C)C(F)(F)C[C@@H]2c2ccc3[nH]ncc3c2)cnc1NC(=O)OC(C)(C)C. The first-order valence-corrected chi connectivity index (χ1v) is 12.7. The fourth-order valence-corrected chi connectivity index (χ4v) is 4.49. The third-order valence-electron chi connectivity index (χ3n) is 6.56. The molecule has 0 bridgehead atoms. The molecule has 3 amide bonds. The minimum Gasteiger partial charge on any atom is -0.444 e. The van der Waals surface area contributed by atoms with Crippen molar-refractivity contribution in [3.63, 3.8) is 0 Å². The number of aromatic nitrogens is 3. The lowest BCUT2D eigenvalue weighted by Gasteiger charge is -2.42. The van der Waals surface area contributed by atoms with E-state index in [-0.39, 0.29) is 18.1 Å². The number of alkyl halides is 2. The Bertz CT molecular complexity index is 1400. The van der Waals surface area contributed by atoms with Crippen LogP contribution in [0.5, 0.6) is 0 Å². The van der Waals surface area contributed by atoms with E-state index in [9.17, 15) is 23.2 Å². The average Bonchev–Trinajstić information content (AvgIpc) is 3.32. The molecule has 1 aromatic carbocycles. The lowest BCUT2D eigenvalue weighted by molar-refractivity contribution is -0.159. The number of amides is 3. The number of benzene rings is 1. The number of anilines is 2. The standard InChI is InChI=1S/C27H32F2N6O4/c1-6-16-10-19(13-30-22(16)33-25(38)39-26(3,4)5)32-23(36)24(37)35-14-15(2)27(28,29)11-21(35)17-7-8-20-18(9-17)12-31-34-20/h7-10,12-13,15,21H,6,11,14H2,1-5H3,(H,31,34)(H,32,36)(H,30,33,38)/t15-,21-/m1/s1. The van der Waals surface area contributed by atoms with Gasteiger partial charge in [-0.2, -0.15) is 5.10 Å². The summed E-state index contributed by atoms with van der Waals surface area (Å²) in [5.74, 6) is -5.78. The van der Waals surface area contributed by atoms with Gasteiger partial charge in [-0.05, 0) is 56.5 Å². The smallest absolute Gasteiger partial charge is 0.413 e. The molecular formula is C27H32F2N6O4. The second-order valence-corrected chi connectivity index (χ2v) is 10.7. The van der Waals surface area contributed by atoms with Crippen molar-refractivity contribution < 1.29 is 27.9 Å². The number of hydrogen-bond acceptors (Lipinski definition) is 6. The first-order chi connectivity index (χ1) is 18.3. The maximum atomic E-state index is 14.8. The van der Waals surface area contributed by atoms with Crippen LogP contribution in [0.15, 0.2) is 36.7 Å². The Morgan fingerprint density at radius 1 is 1.18 bits per heavy atom. The summed E-state index contributed by atoms with van der Waals surface area (Å²) in [5.41, 5.74) is 1.36. The summed E-state index contributed by atoms with van der Waals surface area (Å²) in [7, 11) is 0. The van der Waals surface area contributed by atoms with Crippen molar-refractivity contribution in [1.82, 2.24) is 20.1 Å². The number of aryl methyl sites for hydroxylation is 1. The number of nitrogens with one attached hydrogen (secondary N) is 3. The highest BCUT2D eigenvalue weighted by atomic mass is 19.3. The van der Waals surface area contributed by atoms with Crippen LogP contribution in [0.4, 0.5) is 25.1 Å². The predicted octanol–water partition coefficient (Wildman–Crippen LogP) is 5.05. The number of pyridine rings is 1. The molecule has 1 fully saturated rings. The van der Waals surface area contributed by atoms with Crippen LogP contribution in [0.1, 0.15) is 58.2 Å². The van der Waals surface area contributed by atoms with Crippen molar-refractivity contribution >= 4 is 40.3 Å². The van der Waals surface area contributed by atoms with E-state index in [0.29, 0.717) is 22.9 Å². The van der Waals surface area contributed by atoms with Gasteiger partial charge in [0.25, 0.3) is 5.92 Å². The van der Waals surface area contributed by atoms with Crippen LogP contribution in [0, 0.1) is 5.92 Å². The molecule has 0 aliphatic carbocycles. The number of aromatic amines is 1. The van der Waals surface area contributed by atoms with E-state index in [1.165, 1.54) is 18.0 Å². The summed E-state index contributed by atoms with van der Waals surface area (Å²) in [5, 5.41) is 12.6. The van der Waals surface area contributed by atoms with Gasteiger partial charge in [0.05, 0.1) is 29.6 Å². The number of rotatable bonds is 4. The average molecular weight is 543 g/mol. The van der Waals surface area contributed by atoms with Crippen LogP contribution in [-0.2, 0) is 20.7 Å². The quantitative estimate of drug-likeness (QED) is 0.396. The zero-order chi connectivity index (χ0) is 28.5. The number of H-pyrrole nitrogens is 1. The number of fused-ring (bicyclic) bond motifs is 1. The molecule has 2 aromatic heterocycles. The van der Waals surface area contributed by atoms with Gasteiger partial charge in [-0.1, -0.05) is 19.9 Å². The molecule has 39 heavy (non-hydrogen) atoms. The van der Waals surface area contributed by atoms with E-state index in [1.807, 2.05) is 6.92 Å². The number of carbonyl (C=O) groups excluding carboxylic acids is 3. The number of ether oxygens (including phenoxy) is 1. The molecule has 0 radical (unpaired) electrons. The number of nitrogens with zero attached hydrogens (tertiary/aromatic N) is 3. The number of hydrogen-bond donors (Lipinski definition) is 3. The Hall–Kier alpha value is -4.09. The first kappa shape index (κ1) is 27.9.